The summed E-state index contributed by atoms with van der Waals surface area (Å²) in [7, 11) is 0. The first-order valence-corrected chi connectivity index (χ1v) is 9.65. The van der Waals surface area contributed by atoms with E-state index < -0.39 is 0 Å². The molecule has 26 heavy (non-hydrogen) atoms. The third-order valence-corrected chi connectivity index (χ3v) is 5.67. The number of hydrogen-bond donors (Lipinski definition) is 1. The Morgan fingerprint density at radius 3 is 2.92 bits per heavy atom. The fourth-order valence-electron chi connectivity index (χ4n) is 3.47. The van der Waals surface area contributed by atoms with Crippen LogP contribution in [0.25, 0.3) is 0 Å². The molecular weight excluding hydrogens is 344 g/mol. The van der Waals surface area contributed by atoms with Gasteiger partial charge in [-0.3, -0.25) is 4.79 Å². The van der Waals surface area contributed by atoms with Crippen molar-refractivity contribution in [2.45, 2.75) is 25.8 Å². The summed E-state index contributed by atoms with van der Waals surface area (Å²) >= 11 is 1.80. The highest BCUT2D eigenvalue weighted by Gasteiger charge is 2.30. The summed E-state index contributed by atoms with van der Waals surface area (Å²) in [6.45, 7) is 2.91. The van der Waals surface area contributed by atoms with Crippen LogP contribution in [-0.2, 0) is 6.42 Å². The van der Waals surface area contributed by atoms with Crippen molar-refractivity contribution in [3.05, 3.63) is 70.2 Å². The van der Waals surface area contributed by atoms with Gasteiger partial charge in [-0.05, 0) is 54.1 Å². The molecule has 3 aromatic rings. The lowest BCUT2D eigenvalue weighted by Crippen LogP contribution is -2.39. The molecule has 1 aliphatic rings. The van der Waals surface area contributed by atoms with Gasteiger partial charge in [0.2, 0.25) is 5.95 Å². The smallest absolute Gasteiger partial charge is 0.254 e. The largest absolute Gasteiger partial charge is 0.331 e. The SMILES string of the molecule is CC[C@@H]1c2ccsc2CCN1C(=O)c1cccc(Nc2ncccn2)c1. The fraction of sp³-hybridized carbons (Fsp3) is 0.250. The quantitative estimate of drug-likeness (QED) is 0.744. The van der Waals surface area contributed by atoms with Crippen LogP contribution in [0.4, 0.5) is 11.6 Å². The summed E-state index contributed by atoms with van der Waals surface area (Å²) in [5.74, 6) is 0.593. The van der Waals surface area contributed by atoms with E-state index >= 15 is 0 Å². The number of rotatable bonds is 4. The standard InChI is InChI=1S/C20H20N4OS/c1-2-17-16-8-12-26-18(16)7-11-24(17)19(25)14-5-3-6-15(13-14)23-20-21-9-4-10-22-20/h3-6,8-10,12-13,17H,2,7,11H2,1H3,(H,21,22,23)/t17-/m1/s1. The summed E-state index contributed by atoms with van der Waals surface area (Å²) in [5.41, 5.74) is 2.80. The third kappa shape index (κ3) is 3.20. The van der Waals surface area contributed by atoms with Gasteiger partial charge >= 0.3 is 0 Å². The number of carbonyl (C=O) groups excluding carboxylic acids is 1. The highest BCUT2D eigenvalue weighted by atomic mass is 32.1. The van der Waals surface area contributed by atoms with Gasteiger partial charge < -0.3 is 10.2 Å². The van der Waals surface area contributed by atoms with E-state index in [0.717, 1.165) is 25.1 Å². The predicted octanol–water partition coefficient (Wildman–Crippen LogP) is 4.43. The first-order valence-electron chi connectivity index (χ1n) is 8.77. The number of fused-ring (bicyclic) bond motifs is 1. The number of thiophene rings is 1. The normalized spacial score (nSPS) is 16.2. The lowest BCUT2D eigenvalue weighted by Gasteiger charge is -2.35. The van der Waals surface area contributed by atoms with Crippen LogP contribution >= 0.6 is 11.3 Å². The lowest BCUT2D eigenvalue weighted by atomic mass is 9.97. The van der Waals surface area contributed by atoms with Crippen molar-refractivity contribution < 1.29 is 4.79 Å². The van der Waals surface area contributed by atoms with Gasteiger partial charge in [-0.1, -0.05) is 13.0 Å². The number of nitrogens with zero attached hydrogens (tertiary/aromatic N) is 3. The Labute approximate surface area is 156 Å². The Kier molecular flexibility index (Phi) is 4.67. The Morgan fingerprint density at radius 2 is 2.12 bits per heavy atom. The summed E-state index contributed by atoms with van der Waals surface area (Å²) in [6.07, 6.45) is 5.22. The van der Waals surface area contributed by atoms with Crippen LogP contribution in [0.5, 0.6) is 0 Å². The molecule has 4 rings (SSSR count). The Bertz CT molecular complexity index is 909. The van der Waals surface area contributed by atoms with Crippen LogP contribution in [-0.4, -0.2) is 27.3 Å². The van der Waals surface area contributed by atoms with E-state index in [-0.39, 0.29) is 11.9 Å². The fourth-order valence-corrected chi connectivity index (χ4v) is 4.40. The summed E-state index contributed by atoms with van der Waals surface area (Å²) in [6, 6.07) is 11.6. The second-order valence-electron chi connectivity index (χ2n) is 6.25. The van der Waals surface area contributed by atoms with Crippen LogP contribution < -0.4 is 5.32 Å². The summed E-state index contributed by atoms with van der Waals surface area (Å²) < 4.78 is 0. The van der Waals surface area contributed by atoms with E-state index in [1.807, 2.05) is 29.2 Å². The van der Waals surface area contributed by atoms with Crippen molar-refractivity contribution >= 4 is 28.9 Å². The van der Waals surface area contributed by atoms with Crippen molar-refractivity contribution in [2.24, 2.45) is 0 Å². The van der Waals surface area contributed by atoms with Crippen molar-refractivity contribution in [3.63, 3.8) is 0 Å². The lowest BCUT2D eigenvalue weighted by molar-refractivity contribution is 0.0657. The molecular formula is C20H20N4OS. The van der Waals surface area contributed by atoms with Gasteiger partial charge in [0.15, 0.2) is 0 Å². The molecule has 2 aromatic heterocycles. The van der Waals surface area contributed by atoms with Gasteiger partial charge in [0, 0.05) is 35.1 Å². The van der Waals surface area contributed by atoms with Crippen molar-refractivity contribution in [3.8, 4) is 0 Å². The van der Waals surface area contributed by atoms with Crippen molar-refractivity contribution in [2.75, 3.05) is 11.9 Å². The number of benzene rings is 1. The number of aromatic nitrogens is 2. The molecule has 0 saturated carbocycles. The van der Waals surface area contributed by atoms with E-state index in [0.29, 0.717) is 11.5 Å². The maximum Gasteiger partial charge on any atom is 0.254 e. The molecule has 1 atom stereocenters. The molecule has 0 radical (unpaired) electrons. The second kappa shape index (κ2) is 7.25. The molecule has 0 spiro atoms. The molecule has 0 saturated heterocycles. The minimum atomic E-state index is 0.0753. The average Bonchev–Trinajstić information content (AvgIpc) is 3.16. The van der Waals surface area contributed by atoms with Crippen LogP contribution in [0.15, 0.2) is 54.2 Å². The molecule has 1 aliphatic heterocycles. The summed E-state index contributed by atoms with van der Waals surface area (Å²) in [5, 5.41) is 5.28. The zero-order valence-electron chi connectivity index (χ0n) is 14.6. The molecule has 3 heterocycles. The predicted molar refractivity (Wildman–Crippen MR) is 104 cm³/mol. The van der Waals surface area contributed by atoms with Crippen LogP contribution in [0.1, 0.15) is 40.2 Å². The number of anilines is 2. The minimum absolute atomic E-state index is 0.0753. The first-order chi connectivity index (χ1) is 12.8. The molecule has 0 bridgehead atoms. The van der Waals surface area contributed by atoms with E-state index in [4.69, 9.17) is 0 Å². The van der Waals surface area contributed by atoms with Gasteiger partial charge in [0.05, 0.1) is 6.04 Å². The molecule has 0 aliphatic carbocycles. The van der Waals surface area contributed by atoms with Crippen LogP contribution in [0.3, 0.4) is 0 Å². The van der Waals surface area contributed by atoms with E-state index in [2.05, 4.69) is 33.7 Å². The zero-order valence-corrected chi connectivity index (χ0v) is 15.4. The van der Waals surface area contributed by atoms with Gasteiger partial charge in [-0.2, -0.15) is 0 Å². The maximum atomic E-state index is 13.2. The van der Waals surface area contributed by atoms with Crippen LogP contribution in [0.2, 0.25) is 0 Å². The Balaban J connectivity index is 1.58. The van der Waals surface area contributed by atoms with Gasteiger partial charge in [-0.15, -0.1) is 11.3 Å². The van der Waals surface area contributed by atoms with E-state index in [1.54, 1.807) is 29.8 Å². The molecule has 6 heteroatoms. The number of hydrogen-bond acceptors (Lipinski definition) is 5. The van der Waals surface area contributed by atoms with E-state index in [1.165, 1.54) is 10.4 Å². The third-order valence-electron chi connectivity index (χ3n) is 4.67. The van der Waals surface area contributed by atoms with Crippen LogP contribution in [0, 0.1) is 0 Å². The first kappa shape index (κ1) is 16.7. The Hall–Kier alpha value is -2.73. The van der Waals surface area contributed by atoms with Gasteiger partial charge in [-0.25, -0.2) is 9.97 Å². The monoisotopic (exact) mass is 364 g/mol. The molecule has 0 unspecified atom stereocenters. The van der Waals surface area contributed by atoms with Crippen molar-refractivity contribution in [1.29, 1.82) is 0 Å². The molecule has 0 fully saturated rings. The highest BCUT2D eigenvalue weighted by molar-refractivity contribution is 7.10. The molecule has 1 amide bonds. The average molecular weight is 364 g/mol. The van der Waals surface area contributed by atoms with E-state index in [9.17, 15) is 4.79 Å². The number of nitrogens with one attached hydrogen (secondary N) is 1. The van der Waals surface area contributed by atoms with Gasteiger partial charge in [0.25, 0.3) is 5.91 Å². The van der Waals surface area contributed by atoms with Gasteiger partial charge in [0.1, 0.15) is 0 Å². The summed E-state index contributed by atoms with van der Waals surface area (Å²) in [4.78, 5) is 24.9. The topological polar surface area (TPSA) is 58.1 Å². The maximum absolute atomic E-state index is 13.2. The second-order valence-corrected chi connectivity index (χ2v) is 7.25. The number of amides is 1. The molecule has 132 valence electrons. The molecule has 1 N–H and O–H groups in total. The minimum Gasteiger partial charge on any atom is -0.331 e. The number of carbonyl (C=O) groups is 1. The Morgan fingerprint density at radius 1 is 1.27 bits per heavy atom. The van der Waals surface area contributed by atoms with Crippen molar-refractivity contribution in [1.82, 2.24) is 14.9 Å². The zero-order chi connectivity index (χ0) is 17.9. The molecule has 1 aromatic carbocycles. The highest BCUT2D eigenvalue weighted by Crippen LogP contribution is 2.36. The molecule has 5 nitrogen and oxygen atoms in total.